The van der Waals surface area contributed by atoms with Crippen molar-refractivity contribution in [3.8, 4) is 17.6 Å². The summed E-state index contributed by atoms with van der Waals surface area (Å²) in [6, 6.07) is 17.5. The van der Waals surface area contributed by atoms with Gasteiger partial charge in [-0.2, -0.15) is 5.26 Å². The molecule has 2 aromatic rings. The number of methoxy groups -OCH3 is 1. The second-order valence-electron chi connectivity index (χ2n) is 6.25. The molecule has 0 heterocycles. The molecule has 1 unspecified atom stereocenters. The summed E-state index contributed by atoms with van der Waals surface area (Å²) >= 11 is 0. The summed E-state index contributed by atoms with van der Waals surface area (Å²) in [7, 11) is 1.66. The minimum absolute atomic E-state index is 0.221. The van der Waals surface area contributed by atoms with Gasteiger partial charge in [0.2, 0.25) is 0 Å². The highest BCUT2D eigenvalue weighted by atomic mass is 16.5. The van der Waals surface area contributed by atoms with E-state index in [-0.39, 0.29) is 6.61 Å². The van der Waals surface area contributed by atoms with E-state index in [0.29, 0.717) is 12.3 Å². The third-order valence-corrected chi connectivity index (χ3v) is 4.14. The third kappa shape index (κ3) is 7.14. The van der Waals surface area contributed by atoms with Crippen LogP contribution in [0.3, 0.4) is 0 Å². The molecular weight excluding hydrogens is 340 g/mol. The largest absolute Gasteiger partial charge is 0.497 e. The van der Waals surface area contributed by atoms with Crippen LogP contribution in [-0.2, 0) is 6.42 Å². The highest BCUT2D eigenvalue weighted by Crippen LogP contribution is 2.18. The summed E-state index contributed by atoms with van der Waals surface area (Å²) in [5.74, 6) is 1.55. The Morgan fingerprint density at radius 1 is 1.22 bits per heavy atom. The molecule has 5 heteroatoms. The number of aliphatic hydroxyl groups excluding tert-OH is 1. The van der Waals surface area contributed by atoms with E-state index >= 15 is 0 Å². The Morgan fingerprint density at radius 2 is 2.00 bits per heavy atom. The van der Waals surface area contributed by atoms with Gasteiger partial charge in [0.25, 0.3) is 0 Å². The summed E-state index contributed by atoms with van der Waals surface area (Å²) in [4.78, 5) is 0. The maximum Gasteiger partial charge on any atom is 0.119 e. The van der Waals surface area contributed by atoms with Gasteiger partial charge in [-0.1, -0.05) is 24.3 Å². The Morgan fingerprint density at radius 3 is 2.70 bits per heavy atom. The fraction of sp³-hybridized carbons (Fsp3) is 0.318. The van der Waals surface area contributed by atoms with Crippen LogP contribution >= 0.6 is 0 Å². The lowest BCUT2D eigenvalue weighted by Gasteiger charge is -2.14. The minimum atomic E-state index is -0.588. The van der Waals surface area contributed by atoms with Crippen LogP contribution in [0.15, 0.2) is 54.6 Å². The maximum atomic E-state index is 10.0. The van der Waals surface area contributed by atoms with Gasteiger partial charge < -0.3 is 19.9 Å². The number of aliphatic hydroxyl groups is 1. The Labute approximate surface area is 160 Å². The van der Waals surface area contributed by atoms with E-state index in [4.69, 9.17) is 14.7 Å². The van der Waals surface area contributed by atoms with Gasteiger partial charge in [0, 0.05) is 12.6 Å². The van der Waals surface area contributed by atoms with Crippen LogP contribution in [0.1, 0.15) is 18.1 Å². The highest BCUT2D eigenvalue weighted by Gasteiger charge is 2.05. The molecule has 0 bridgehead atoms. The number of rotatable bonds is 10. The average Bonchev–Trinajstić information content (AvgIpc) is 2.70. The molecule has 0 aliphatic rings. The molecule has 2 aromatic carbocycles. The number of nitriles is 1. The predicted molar refractivity (Wildman–Crippen MR) is 107 cm³/mol. The normalized spacial score (nSPS) is 12.3. The number of hydrogen-bond acceptors (Lipinski definition) is 5. The SMILES string of the molecule is COc1cccc(CCNCC(O)COc2ccc(/C(C)=C\C#N)cc2)c1. The van der Waals surface area contributed by atoms with Crippen LogP contribution < -0.4 is 14.8 Å². The first-order chi connectivity index (χ1) is 13.1. The Balaban J connectivity index is 1.68. The van der Waals surface area contributed by atoms with E-state index in [9.17, 15) is 5.11 Å². The molecule has 1 atom stereocenters. The van der Waals surface area contributed by atoms with Crippen molar-refractivity contribution in [1.29, 1.82) is 5.26 Å². The van der Waals surface area contributed by atoms with Crippen molar-refractivity contribution in [2.75, 3.05) is 26.8 Å². The molecule has 5 nitrogen and oxygen atoms in total. The molecular formula is C22H26N2O3. The Kier molecular flexibility index (Phi) is 8.37. The highest BCUT2D eigenvalue weighted by molar-refractivity contribution is 5.66. The molecule has 0 saturated heterocycles. The van der Waals surface area contributed by atoms with Gasteiger partial charge in [-0.3, -0.25) is 0 Å². The fourth-order valence-corrected chi connectivity index (χ4v) is 2.57. The standard InChI is InChI=1S/C22H26N2O3/c1-17(10-12-23)19-6-8-21(9-7-19)27-16-20(25)15-24-13-11-18-4-3-5-22(14-18)26-2/h3-10,14,20,24-25H,11,13,15-16H2,1-2H3/b17-10-. The van der Waals surface area contributed by atoms with E-state index in [1.54, 1.807) is 7.11 Å². The zero-order chi connectivity index (χ0) is 19.5. The summed E-state index contributed by atoms with van der Waals surface area (Å²) in [5, 5.41) is 22.0. The molecule has 0 radical (unpaired) electrons. The molecule has 0 saturated carbocycles. The summed E-state index contributed by atoms with van der Waals surface area (Å²) in [5.41, 5.74) is 3.07. The van der Waals surface area contributed by atoms with E-state index in [0.717, 1.165) is 29.9 Å². The topological polar surface area (TPSA) is 74.5 Å². The monoisotopic (exact) mass is 366 g/mol. The molecule has 0 fully saturated rings. The van der Waals surface area contributed by atoms with Gasteiger partial charge in [0.05, 0.1) is 13.2 Å². The second kappa shape index (κ2) is 11.0. The minimum Gasteiger partial charge on any atom is -0.497 e. The van der Waals surface area contributed by atoms with Crippen LogP contribution in [0, 0.1) is 11.3 Å². The molecule has 142 valence electrons. The van der Waals surface area contributed by atoms with Gasteiger partial charge in [0.1, 0.15) is 24.2 Å². The summed E-state index contributed by atoms with van der Waals surface area (Å²) < 4.78 is 10.8. The Hall–Kier alpha value is -2.81. The zero-order valence-corrected chi connectivity index (χ0v) is 15.8. The smallest absolute Gasteiger partial charge is 0.119 e. The first-order valence-corrected chi connectivity index (χ1v) is 8.93. The van der Waals surface area contributed by atoms with Crippen LogP contribution in [0.25, 0.3) is 5.57 Å². The molecule has 0 aromatic heterocycles. The Bertz CT molecular complexity index is 779. The number of hydrogen-bond donors (Lipinski definition) is 2. The molecule has 0 aliphatic heterocycles. The average molecular weight is 366 g/mol. The van der Waals surface area contributed by atoms with Crippen molar-refractivity contribution < 1.29 is 14.6 Å². The molecule has 0 aliphatic carbocycles. The molecule has 0 amide bonds. The van der Waals surface area contributed by atoms with Crippen molar-refractivity contribution in [3.63, 3.8) is 0 Å². The first kappa shape index (κ1) is 20.5. The zero-order valence-electron chi connectivity index (χ0n) is 15.8. The predicted octanol–water partition coefficient (Wildman–Crippen LogP) is 3.19. The van der Waals surface area contributed by atoms with Crippen molar-refractivity contribution in [3.05, 3.63) is 65.7 Å². The van der Waals surface area contributed by atoms with Gasteiger partial charge in [0.15, 0.2) is 0 Å². The van der Waals surface area contributed by atoms with Gasteiger partial charge >= 0.3 is 0 Å². The van der Waals surface area contributed by atoms with Crippen molar-refractivity contribution in [2.24, 2.45) is 0 Å². The number of benzene rings is 2. The van der Waals surface area contributed by atoms with E-state index in [1.165, 1.54) is 11.6 Å². The third-order valence-electron chi connectivity index (χ3n) is 4.14. The van der Waals surface area contributed by atoms with Crippen LogP contribution in [0.5, 0.6) is 11.5 Å². The molecule has 2 N–H and O–H groups in total. The first-order valence-electron chi connectivity index (χ1n) is 8.93. The number of allylic oxidation sites excluding steroid dienone is 2. The van der Waals surface area contributed by atoms with Crippen LogP contribution in [0.4, 0.5) is 0 Å². The number of ether oxygens (including phenoxy) is 2. The second-order valence-corrected chi connectivity index (χ2v) is 6.25. The van der Waals surface area contributed by atoms with Gasteiger partial charge in [-0.25, -0.2) is 0 Å². The number of nitrogens with one attached hydrogen (secondary N) is 1. The summed E-state index contributed by atoms with van der Waals surface area (Å²) in [6.07, 6.45) is 1.79. The van der Waals surface area contributed by atoms with E-state index in [2.05, 4.69) is 11.4 Å². The summed E-state index contributed by atoms with van der Waals surface area (Å²) in [6.45, 7) is 3.34. The lowest BCUT2D eigenvalue weighted by atomic mass is 10.1. The van der Waals surface area contributed by atoms with Crippen molar-refractivity contribution >= 4 is 5.57 Å². The fourth-order valence-electron chi connectivity index (χ4n) is 2.57. The van der Waals surface area contributed by atoms with Crippen molar-refractivity contribution in [1.82, 2.24) is 5.32 Å². The lowest BCUT2D eigenvalue weighted by Crippen LogP contribution is -2.32. The lowest BCUT2D eigenvalue weighted by molar-refractivity contribution is 0.106. The van der Waals surface area contributed by atoms with E-state index in [1.807, 2.05) is 55.5 Å². The maximum absolute atomic E-state index is 10.0. The molecule has 27 heavy (non-hydrogen) atoms. The number of nitrogens with zero attached hydrogens (tertiary/aromatic N) is 1. The van der Waals surface area contributed by atoms with E-state index < -0.39 is 6.10 Å². The molecule has 2 rings (SSSR count). The van der Waals surface area contributed by atoms with Crippen molar-refractivity contribution in [2.45, 2.75) is 19.4 Å². The van der Waals surface area contributed by atoms with Gasteiger partial charge in [-0.15, -0.1) is 0 Å². The van der Waals surface area contributed by atoms with Gasteiger partial charge in [-0.05, 0) is 60.9 Å². The quantitative estimate of drug-likeness (QED) is 0.499. The van der Waals surface area contributed by atoms with Crippen LogP contribution in [-0.4, -0.2) is 38.0 Å². The van der Waals surface area contributed by atoms with Crippen LogP contribution in [0.2, 0.25) is 0 Å². The molecule has 0 spiro atoms.